The van der Waals surface area contributed by atoms with E-state index in [4.69, 9.17) is 4.74 Å². The molecule has 0 aliphatic heterocycles. The molecule has 0 spiro atoms. The SMILES string of the molecule is CC.CCC(CC(=O)CBr)c1ccc(OC(=O)c2ccccc2)cc1. The van der Waals surface area contributed by atoms with Gasteiger partial charge in [0.15, 0.2) is 0 Å². The van der Waals surface area contributed by atoms with Gasteiger partial charge in [0.25, 0.3) is 0 Å². The molecule has 0 radical (unpaired) electrons. The molecule has 0 heterocycles. The maximum atomic E-state index is 12.0. The molecule has 0 saturated carbocycles. The first-order valence-corrected chi connectivity index (χ1v) is 9.71. The number of hydrogen-bond donors (Lipinski definition) is 0. The summed E-state index contributed by atoms with van der Waals surface area (Å²) in [5.41, 5.74) is 1.60. The van der Waals surface area contributed by atoms with Crippen molar-refractivity contribution < 1.29 is 14.3 Å². The van der Waals surface area contributed by atoms with Crippen molar-refractivity contribution in [1.82, 2.24) is 0 Å². The first-order chi connectivity index (χ1) is 12.1. The van der Waals surface area contributed by atoms with E-state index in [1.54, 1.807) is 36.4 Å². The second-order valence-electron chi connectivity index (χ2n) is 5.31. The monoisotopic (exact) mass is 404 g/mol. The second-order valence-corrected chi connectivity index (χ2v) is 5.87. The fourth-order valence-corrected chi connectivity index (χ4v) is 2.60. The number of halogens is 1. The Morgan fingerprint density at radius 2 is 1.60 bits per heavy atom. The number of esters is 1. The van der Waals surface area contributed by atoms with Crippen LogP contribution in [0.1, 0.15) is 55.5 Å². The van der Waals surface area contributed by atoms with Crippen LogP contribution in [0, 0.1) is 0 Å². The van der Waals surface area contributed by atoms with Gasteiger partial charge in [-0.2, -0.15) is 0 Å². The van der Waals surface area contributed by atoms with Crippen LogP contribution in [0.2, 0.25) is 0 Å². The van der Waals surface area contributed by atoms with Crippen LogP contribution in [-0.2, 0) is 4.79 Å². The second kappa shape index (κ2) is 11.6. The Balaban J connectivity index is 0.00000151. The fourth-order valence-electron chi connectivity index (χ4n) is 2.38. The van der Waals surface area contributed by atoms with Gasteiger partial charge in [-0.3, -0.25) is 4.79 Å². The van der Waals surface area contributed by atoms with E-state index >= 15 is 0 Å². The molecule has 134 valence electrons. The Labute approximate surface area is 158 Å². The molecule has 2 rings (SSSR count). The zero-order valence-corrected chi connectivity index (χ0v) is 16.6. The van der Waals surface area contributed by atoms with Gasteiger partial charge in [0.2, 0.25) is 0 Å². The number of alkyl halides is 1. The summed E-state index contributed by atoms with van der Waals surface area (Å²) in [6.45, 7) is 6.06. The predicted octanol–water partition coefficient (Wildman–Crippen LogP) is 5.78. The summed E-state index contributed by atoms with van der Waals surface area (Å²) in [6, 6.07) is 16.3. The minimum atomic E-state index is -0.375. The van der Waals surface area contributed by atoms with Crippen LogP contribution in [0.4, 0.5) is 0 Å². The number of rotatable bonds is 7. The van der Waals surface area contributed by atoms with E-state index in [2.05, 4.69) is 22.9 Å². The highest BCUT2D eigenvalue weighted by atomic mass is 79.9. The molecule has 1 unspecified atom stereocenters. The lowest BCUT2D eigenvalue weighted by Crippen LogP contribution is -2.09. The van der Waals surface area contributed by atoms with Gasteiger partial charge in [0.1, 0.15) is 11.5 Å². The highest BCUT2D eigenvalue weighted by Gasteiger charge is 2.14. The fraction of sp³-hybridized carbons (Fsp3) is 0.333. The predicted molar refractivity (Wildman–Crippen MR) is 106 cm³/mol. The lowest BCUT2D eigenvalue weighted by molar-refractivity contribution is -0.116. The molecule has 0 aromatic heterocycles. The third kappa shape index (κ3) is 6.83. The quantitative estimate of drug-likeness (QED) is 0.333. The van der Waals surface area contributed by atoms with Crippen molar-refractivity contribution in [1.29, 1.82) is 0 Å². The molecule has 25 heavy (non-hydrogen) atoms. The molecule has 4 heteroatoms. The Morgan fingerprint density at radius 1 is 1.00 bits per heavy atom. The molecule has 0 fully saturated rings. The van der Waals surface area contributed by atoms with Crippen molar-refractivity contribution in [3.8, 4) is 5.75 Å². The van der Waals surface area contributed by atoms with Gasteiger partial charge in [-0.05, 0) is 42.2 Å². The molecular formula is C21H25BrO3. The number of benzene rings is 2. The summed E-state index contributed by atoms with van der Waals surface area (Å²) >= 11 is 3.20. The molecule has 0 N–H and O–H groups in total. The third-order valence-corrected chi connectivity index (χ3v) is 4.31. The lowest BCUT2D eigenvalue weighted by Gasteiger charge is -2.14. The smallest absolute Gasteiger partial charge is 0.343 e. The van der Waals surface area contributed by atoms with Crippen molar-refractivity contribution >= 4 is 27.7 Å². The van der Waals surface area contributed by atoms with Crippen LogP contribution in [0.5, 0.6) is 5.75 Å². The number of carbonyl (C=O) groups is 2. The summed E-state index contributed by atoms with van der Waals surface area (Å²) in [6.07, 6.45) is 1.41. The maximum Gasteiger partial charge on any atom is 0.343 e. The first-order valence-electron chi connectivity index (χ1n) is 8.59. The zero-order chi connectivity index (χ0) is 18.7. The van der Waals surface area contributed by atoms with Gasteiger partial charge in [-0.25, -0.2) is 4.79 Å². The maximum absolute atomic E-state index is 12.0. The molecule has 0 saturated heterocycles. The van der Waals surface area contributed by atoms with Crippen LogP contribution >= 0.6 is 15.9 Å². The van der Waals surface area contributed by atoms with E-state index in [9.17, 15) is 9.59 Å². The molecule has 0 aliphatic rings. The largest absolute Gasteiger partial charge is 0.423 e. The molecule has 0 amide bonds. The number of ether oxygens (including phenoxy) is 1. The van der Waals surface area contributed by atoms with Crippen molar-refractivity contribution in [2.75, 3.05) is 5.33 Å². The Bertz CT molecular complexity index is 651. The first kappa shape index (κ1) is 21.1. The number of carbonyl (C=O) groups excluding carboxylic acids is 2. The van der Waals surface area contributed by atoms with Crippen molar-refractivity contribution in [2.24, 2.45) is 0 Å². The zero-order valence-electron chi connectivity index (χ0n) is 15.0. The number of Topliss-reactive ketones (excluding diaryl/α,β-unsaturated/α-hetero) is 1. The molecule has 1 atom stereocenters. The number of hydrogen-bond acceptors (Lipinski definition) is 3. The molecule has 0 bridgehead atoms. The normalized spacial score (nSPS) is 11.0. The average molecular weight is 405 g/mol. The summed E-state index contributed by atoms with van der Waals surface area (Å²) in [7, 11) is 0. The highest BCUT2D eigenvalue weighted by molar-refractivity contribution is 9.09. The van der Waals surface area contributed by atoms with E-state index in [0.29, 0.717) is 23.1 Å². The Kier molecular flexibility index (Phi) is 9.78. The summed E-state index contributed by atoms with van der Waals surface area (Å²) in [4.78, 5) is 23.6. The molecule has 3 nitrogen and oxygen atoms in total. The van der Waals surface area contributed by atoms with E-state index < -0.39 is 0 Å². The van der Waals surface area contributed by atoms with Crippen molar-refractivity contribution in [3.05, 3.63) is 65.7 Å². The van der Waals surface area contributed by atoms with Crippen LogP contribution < -0.4 is 4.74 Å². The average Bonchev–Trinajstić information content (AvgIpc) is 2.68. The lowest BCUT2D eigenvalue weighted by atomic mass is 9.92. The van der Waals surface area contributed by atoms with Gasteiger partial charge in [-0.1, -0.05) is 67.0 Å². The topological polar surface area (TPSA) is 43.4 Å². The minimum Gasteiger partial charge on any atom is -0.423 e. The van der Waals surface area contributed by atoms with E-state index in [1.165, 1.54) is 0 Å². The molecule has 0 aliphatic carbocycles. The van der Waals surface area contributed by atoms with Crippen LogP contribution in [0.15, 0.2) is 54.6 Å². The van der Waals surface area contributed by atoms with Gasteiger partial charge < -0.3 is 4.74 Å². The van der Waals surface area contributed by atoms with Crippen LogP contribution in [-0.4, -0.2) is 17.1 Å². The van der Waals surface area contributed by atoms with E-state index in [0.717, 1.165) is 12.0 Å². The third-order valence-electron chi connectivity index (χ3n) is 3.69. The van der Waals surface area contributed by atoms with Gasteiger partial charge in [0.05, 0.1) is 10.9 Å². The number of ketones is 1. The Hall–Kier alpha value is -1.94. The van der Waals surface area contributed by atoms with Crippen LogP contribution in [0.3, 0.4) is 0 Å². The van der Waals surface area contributed by atoms with Crippen molar-refractivity contribution in [2.45, 2.75) is 39.5 Å². The molecular weight excluding hydrogens is 380 g/mol. The summed E-state index contributed by atoms with van der Waals surface area (Å²) in [5, 5.41) is 0.385. The van der Waals surface area contributed by atoms with E-state index in [-0.39, 0.29) is 17.7 Å². The molecule has 2 aromatic carbocycles. The Morgan fingerprint density at radius 3 is 2.12 bits per heavy atom. The summed E-state index contributed by atoms with van der Waals surface area (Å²) < 4.78 is 5.36. The van der Waals surface area contributed by atoms with E-state index in [1.807, 2.05) is 32.0 Å². The van der Waals surface area contributed by atoms with Crippen LogP contribution in [0.25, 0.3) is 0 Å². The standard InChI is InChI=1S/C19H19BrO3.C2H6/c1-2-14(12-17(21)13-20)15-8-10-18(11-9-15)23-19(22)16-6-4-3-5-7-16;1-2/h3-11,14H,2,12-13H2,1H3;1-2H3. The molecule has 2 aromatic rings. The van der Waals surface area contributed by atoms with Crippen molar-refractivity contribution in [3.63, 3.8) is 0 Å². The van der Waals surface area contributed by atoms with Gasteiger partial charge in [0, 0.05) is 6.42 Å². The minimum absolute atomic E-state index is 0.191. The van der Waals surface area contributed by atoms with Gasteiger partial charge in [-0.15, -0.1) is 0 Å². The highest BCUT2D eigenvalue weighted by Crippen LogP contribution is 2.26. The van der Waals surface area contributed by atoms with Gasteiger partial charge >= 0.3 is 5.97 Å². The summed E-state index contributed by atoms with van der Waals surface area (Å²) in [5.74, 6) is 0.513.